The van der Waals surface area contributed by atoms with Gasteiger partial charge in [-0.1, -0.05) is 23.9 Å². The predicted octanol–water partition coefficient (Wildman–Crippen LogP) is 3.24. The van der Waals surface area contributed by atoms with Crippen LogP contribution in [-0.4, -0.2) is 24.7 Å². The minimum atomic E-state index is 0.619. The molecule has 0 unspecified atom stereocenters. The van der Waals surface area contributed by atoms with E-state index in [4.69, 9.17) is 4.98 Å². The van der Waals surface area contributed by atoms with Gasteiger partial charge in [-0.2, -0.15) is 0 Å². The lowest BCUT2D eigenvalue weighted by Crippen LogP contribution is -2.00. The molecule has 0 atom stereocenters. The summed E-state index contributed by atoms with van der Waals surface area (Å²) in [4.78, 5) is 9.37. The van der Waals surface area contributed by atoms with E-state index < -0.39 is 0 Å². The van der Waals surface area contributed by atoms with Gasteiger partial charge in [0.15, 0.2) is 5.16 Å². The zero-order chi connectivity index (χ0) is 15.1. The van der Waals surface area contributed by atoms with Crippen LogP contribution in [0.1, 0.15) is 36.0 Å². The zero-order valence-electron chi connectivity index (χ0n) is 12.7. The lowest BCUT2D eigenvalue weighted by atomic mass is 10.2. The first-order chi connectivity index (χ1) is 10.7. The quantitative estimate of drug-likeness (QED) is 0.692. The Morgan fingerprint density at radius 1 is 1.14 bits per heavy atom. The maximum absolute atomic E-state index is 4.73. The van der Waals surface area contributed by atoms with Crippen LogP contribution in [0.2, 0.25) is 0 Å². The van der Waals surface area contributed by atoms with Crippen molar-refractivity contribution in [2.45, 2.75) is 36.6 Å². The molecule has 22 heavy (non-hydrogen) atoms. The van der Waals surface area contributed by atoms with Crippen LogP contribution in [0.15, 0.2) is 29.4 Å². The van der Waals surface area contributed by atoms with E-state index in [2.05, 4.69) is 26.8 Å². The largest absolute Gasteiger partial charge is 0.309 e. The van der Waals surface area contributed by atoms with Crippen molar-refractivity contribution in [2.24, 2.45) is 7.05 Å². The Labute approximate surface area is 133 Å². The Balaban J connectivity index is 1.57. The molecule has 0 amide bonds. The SMILES string of the molecule is Cc1nc2ccccc2nc1CSc1nnc(C2CC2)n1C. The van der Waals surface area contributed by atoms with Gasteiger partial charge in [0.25, 0.3) is 0 Å². The van der Waals surface area contributed by atoms with E-state index >= 15 is 0 Å². The number of benzene rings is 1. The Bertz CT molecular complexity index is 838. The van der Waals surface area contributed by atoms with Crippen molar-refractivity contribution in [2.75, 3.05) is 0 Å². The van der Waals surface area contributed by atoms with Crippen LogP contribution in [0.5, 0.6) is 0 Å². The van der Waals surface area contributed by atoms with Gasteiger partial charge < -0.3 is 4.57 Å². The van der Waals surface area contributed by atoms with Crippen LogP contribution in [0.25, 0.3) is 11.0 Å². The molecule has 1 saturated carbocycles. The second kappa shape index (κ2) is 5.35. The summed E-state index contributed by atoms with van der Waals surface area (Å²) >= 11 is 1.68. The number of para-hydroxylation sites is 2. The summed E-state index contributed by atoms with van der Waals surface area (Å²) in [6, 6.07) is 7.98. The van der Waals surface area contributed by atoms with Crippen LogP contribution in [0.4, 0.5) is 0 Å². The minimum Gasteiger partial charge on any atom is -0.309 e. The van der Waals surface area contributed by atoms with Gasteiger partial charge in [0.2, 0.25) is 0 Å². The predicted molar refractivity (Wildman–Crippen MR) is 86.8 cm³/mol. The molecule has 2 aromatic heterocycles. The average Bonchev–Trinajstić information content (AvgIpc) is 3.29. The number of hydrogen-bond donors (Lipinski definition) is 0. The number of nitrogens with zero attached hydrogens (tertiary/aromatic N) is 5. The van der Waals surface area contributed by atoms with Crippen molar-refractivity contribution in [3.05, 3.63) is 41.5 Å². The summed E-state index contributed by atoms with van der Waals surface area (Å²) < 4.78 is 2.12. The fraction of sp³-hybridized carbons (Fsp3) is 0.375. The van der Waals surface area contributed by atoms with Crippen LogP contribution < -0.4 is 0 Å². The summed E-state index contributed by atoms with van der Waals surface area (Å²) in [5.41, 5.74) is 3.89. The molecule has 0 saturated heterocycles. The molecule has 0 bridgehead atoms. The number of aromatic nitrogens is 5. The fourth-order valence-corrected chi connectivity index (χ4v) is 3.47. The van der Waals surface area contributed by atoms with Gasteiger partial charge in [-0.3, -0.25) is 0 Å². The number of hydrogen-bond acceptors (Lipinski definition) is 5. The summed E-state index contributed by atoms with van der Waals surface area (Å²) in [6.45, 7) is 2.02. The molecule has 1 aliphatic carbocycles. The van der Waals surface area contributed by atoms with Crippen molar-refractivity contribution in [1.29, 1.82) is 0 Å². The van der Waals surface area contributed by atoms with Gasteiger partial charge in [0.1, 0.15) is 5.82 Å². The Kier molecular flexibility index (Phi) is 3.33. The molecule has 0 spiro atoms. The molecule has 4 rings (SSSR count). The average molecular weight is 311 g/mol. The Morgan fingerprint density at radius 3 is 2.59 bits per heavy atom. The van der Waals surface area contributed by atoms with Crippen molar-refractivity contribution in [3.63, 3.8) is 0 Å². The molecule has 5 nitrogen and oxygen atoms in total. The summed E-state index contributed by atoms with van der Waals surface area (Å²) in [7, 11) is 2.05. The van der Waals surface area contributed by atoms with E-state index in [0.29, 0.717) is 5.92 Å². The molecule has 3 aromatic rings. The maximum atomic E-state index is 4.73. The summed E-state index contributed by atoms with van der Waals surface area (Å²) in [6.07, 6.45) is 2.48. The molecule has 112 valence electrons. The highest BCUT2D eigenvalue weighted by molar-refractivity contribution is 7.98. The molecule has 0 aliphatic heterocycles. The van der Waals surface area contributed by atoms with Gasteiger partial charge >= 0.3 is 0 Å². The normalized spacial score (nSPS) is 14.6. The fourth-order valence-electron chi connectivity index (χ4n) is 2.54. The second-order valence-corrected chi connectivity index (χ2v) is 6.65. The molecular weight excluding hydrogens is 294 g/mol. The van der Waals surface area contributed by atoms with E-state index in [9.17, 15) is 0 Å². The molecule has 0 radical (unpaired) electrons. The van der Waals surface area contributed by atoms with E-state index in [1.165, 1.54) is 12.8 Å². The number of fused-ring (bicyclic) bond motifs is 1. The standard InChI is InChI=1S/C16H17N5S/c1-10-14(18-13-6-4-3-5-12(13)17-10)9-22-16-20-19-15(21(16)2)11-7-8-11/h3-6,11H,7-9H2,1-2H3. The molecule has 2 heterocycles. The highest BCUT2D eigenvalue weighted by Gasteiger charge is 2.29. The van der Waals surface area contributed by atoms with Gasteiger partial charge in [-0.15, -0.1) is 10.2 Å². The van der Waals surface area contributed by atoms with Crippen molar-refractivity contribution < 1.29 is 0 Å². The first kappa shape index (κ1) is 13.7. The smallest absolute Gasteiger partial charge is 0.191 e. The first-order valence-corrected chi connectivity index (χ1v) is 8.45. The summed E-state index contributed by atoms with van der Waals surface area (Å²) in [5, 5.41) is 9.59. The number of thioether (sulfide) groups is 1. The zero-order valence-corrected chi connectivity index (χ0v) is 13.5. The molecular formula is C16H17N5S. The third-order valence-electron chi connectivity index (χ3n) is 3.99. The molecule has 1 aromatic carbocycles. The maximum Gasteiger partial charge on any atom is 0.191 e. The van der Waals surface area contributed by atoms with E-state index in [-0.39, 0.29) is 0 Å². The second-order valence-electron chi connectivity index (χ2n) is 5.71. The van der Waals surface area contributed by atoms with E-state index in [1.807, 2.05) is 31.2 Å². The number of aryl methyl sites for hydroxylation is 1. The number of rotatable bonds is 4. The van der Waals surface area contributed by atoms with Crippen LogP contribution in [-0.2, 0) is 12.8 Å². The van der Waals surface area contributed by atoms with Crippen LogP contribution in [0, 0.1) is 6.92 Å². The van der Waals surface area contributed by atoms with Crippen LogP contribution in [0.3, 0.4) is 0 Å². The Hall–Kier alpha value is -1.95. The van der Waals surface area contributed by atoms with Crippen molar-refractivity contribution in [3.8, 4) is 0 Å². The highest BCUT2D eigenvalue weighted by Crippen LogP contribution is 2.39. The topological polar surface area (TPSA) is 56.5 Å². The van der Waals surface area contributed by atoms with Crippen LogP contribution >= 0.6 is 11.8 Å². The lowest BCUT2D eigenvalue weighted by molar-refractivity contribution is 0.736. The van der Waals surface area contributed by atoms with Crippen molar-refractivity contribution in [1.82, 2.24) is 24.7 Å². The third kappa shape index (κ3) is 2.47. The third-order valence-corrected chi connectivity index (χ3v) is 5.02. The molecule has 0 N–H and O–H groups in total. The van der Waals surface area contributed by atoms with Crippen molar-refractivity contribution >= 4 is 22.8 Å². The van der Waals surface area contributed by atoms with Gasteiger partial charge in [0, 0.05) is 18.7 Å². The summed E-state index contributed by atoms with van der Waals surface area (Å²) in [5.74, 6) is 2.50. The molecule has 1 aliphatic rings. The highest BCUT2D eigenvalue weighted by atomic mass is 32.2. The van der Waals surface area contributed by atoms with E-state index in [0.717, 1.165) is 39.2 Å². The molecule has 1 fully saturated rings. The van der Waals surface area contributed by atoms with E-state index in [1.54, 1.807) is 11.8 Å². The first-order valence-electron chi connectivity index (χ1n) is 7.46. The monoisotopic (exact) mass is 311 g/mol. The molecule has 6 heteroatoms. The lowest BCUT2D eigenvalue weighted by Gasteiger charge is -2.06. The van der Waals surface area contributed by atoms with Gasteiger partial charge in [-0.05, 0) is 31.9 Å². The minimum absolute atomic E-state index is 0.619. The van der Waals surface area contributed by atoms with Gasteiger partial charge in [-0.25, -0.2) is 9.97 Å². The van der Waals surface area contributed by atoms with Gasteiger partial charge in [0.05, 0.1) is 22.4 Å². The Morgan fingerprint density at radius 2 is 1.86 bits per heavy atom.